The minimum atomic E-state index is 0.640. The molecule has 2 bridgehead atoms. The van der Waals surface area contributed by atoms with E-state index in [-0.39, 0.29) is 0 Å². The Morgan fingerprint density at radius 2 is 2.39 bits per heavy atom. The first-order chi connectivity index (χ1) is 8.78. The molecule has 3 rings (SSSR count). The molecule has 2 unspecified atom stereocenters. The summed E-state index contributed by atoms with van der Waals surface area (Å²) in [6.07, 6.45) is 6.73. The van der Waals surface area contributed by atoms with Crippen LogP contribution in [0.25, 0.3) is 0 Å². The molecule has 1 aromatic rings. The van der Waals surface area contributed by atoms with Crippen LogP contribution in [0.5, 0.6) is 0 Å². The lowest BCUT2D eigenvalue weighted by Gasteiger charge is -2.28. The highest BCUT2D eigenvalue weighted by molar-refractivity contribution is 6.32. The zero-order chi connectivity index (χ0) is 12.5. The highest BCUT2D eigenvalue weighted by Crippen LogP contribution is 2.41. The van der Waals surface area contributed by atoms with Crippen molar-refractivity contribution in [3.05, 3.63) is 11.2 Å². The van der Waals surface area contributed by atoms with Crippen molar-refractivity contribution < 1.29 is 0 Å². The van der Waals surface area contributed by atoms with E-state index in [0.717, 1.165) is 31.2 Å². The second-order valence-corrected chi connectivity index (χ2v) is 5.68. The molecule has 1 aliphatic heterocycles. The molecule has 0 amide bonds. The molecule has 2 aliphatic rings. The molecule has 18 heavy (non-hydrogen) atoms. The van der Waals surface area contributed by atoms with Crippen LogP contribution in [0.2, 0.25) is 5.02 Å². The van der Waals surface area contributed by atoms with E-state index in [1.807, 2.05) is 0 Å². The molecule has 4 nitrogen and oxygen atoms in total. The first-order valence-electron chi connectivity index (χ1n) is 6.81. The molecular weight excluding hydrogens is 248 g/mol. The molecule has 0 spiro atoms. The van der Waals surface area contributed by atoms with Gasteiger partial charge in [0.15, 0.2) is 5.82 Å². The van der Waals surface area contributed by atoms with Gasteiger partial charge in [0, 0.05) is 19.1 Å². The number of anilines is 2. The summed E-state index contributed by atoms with van der Waals surface area (Å²) < 4.78 is 0. The van der Waals surface area contributed by atoms with E-state index in [4.69, 9.17) is 11.6 Å². The fourth-order valence-electron chi connectivity index (χ4n) is 3.07. The summed E-state index contributed by atoms with van der Waals surface area (Å²) >= 11 is 6.25. The topological polar surface area (TPSA) is 41.1 Å². The van der Waals surface area contributed by atoms with Gasteiger partial charge >= 0.3 is 0 Å². The van der Waals surface area contributed by atoms with Gasteiger partial charge in [0.05, 0.1) is 6.20 Å². The lowest BCUT2D eigenvalue weighted by Crippen LogP contribution is -2.33. The molecule has 98 valence electrons. The quantitative estimate of drug-likeness (QED) is 0.910. The van der Waals surface area contributed by atoms with Gasteiger partial charge in [0.1, 0.15) is 5.02 Å². The van der Waals surface area contributed by atoms with Gasteiger partial charge in [-0.2, -0.15) is 4.98 Å². The first kappa shape index (κ1) is 12.0. The van der Waals surface area contributed by atoms with E-state index in [9.17, 15) is 0 Å². The Labute approximate surface area is 113 Å². The van der Waals surface area contributed by atoms with Crippen LogP contribution in [0.1, 0.15) is 32.6 Å². The normalized spacial score (nSPS) is 25.8. The van der Waals surface area contributed by atoms with Gasteiger partial charge in [0.2, 0.25) is 5.95 Å². The number of halogens is 1. The standard InChI is InChI=1S/C13H19ClN4/c1-2-5-15-13-16-7-11(14)12(17-13)18-8-9-3-4-10(18)6-9/h7,9-10H,2-6,8H2,1H3,(H,15,16,17). The number of fused-ring (bicyclic) bond motifs is 2. The molecule has 1 aliphatic carbocycles. The van der Waals surface area contributed by atoms with E-state index in [2.05, 4.69) is 27.1 Å². The summed E-state index contributed by atoms with van der Waals surface area (Å²) in [5.41, 5.74) is 0. The van der Waals surface area contributed by atoms with Crippen LogP contribution >= 0.6 is 11.6 Å². The molecule has 0 aromatic carbocycles. The maximum Gasteiger partial charge on any atom is 0.224 e. The molecular formula is C13H19ClN4. The first-order valence-corrected chi connectivity index (χ1v) is 7.18. The fourth-order valence-corrected chi connectivity index (χ4v) is 3.27. The summed E-state index contributed by atoms with van der Waals surface area (Å²) in [7, 11) is 0. The van der Waals surface area contributed by atoms with Crippen molar-refractivity contribution >= 4 is 23.4 Å². The lowest BCUT2D eigenvalue weighted by molar-refractivity contribution is 0.550. The third-order valence-corrected chi connectivity index (χ3v) is 4.21. The second-order valence-electron chi connectivity index (χ2n) is 5.28. The Morgan fingerprint density at radius 3 is 3.06 bits per heavy atom. The predicted molar refractivity (Wildman–Crippen MR) is 74.3 cm³/mol. The number of piperidine rings is 1. The van der Waals surface area contributed by atoms with Gasteiger partial charge in [-0.1, -0.05) is 18.5 Å². The van der Waals surface area contributed by atoms with Gasteiger partial charge in [-0.05, 0) is 31.6 Å². The Hall–Kier alpha value is -1.03. The van der Waals surface area contributed by atoms with E-state index < -0.39 is 0 Å². The number of aromatic nitrogens is 2. The van der Waals surface area contributed by atoms with Gasteiger partial charge in [-0.15, -0.1) is 0 Å². The Balaban J connectivity index is 1.82. The summed E-state index contributed by atoms with van der Waals surface area (Å²) in [6, 6.07) is 0.640. The number of hydrogen-bond donors (Lipinski definition) is 1. The summed E-state index contributed by atoms with van der Waals surface area (Å²) in [5.74, 6) is 2.45. The third-order valence-electron chi connectivity index (χ3n) is 3.94. The van der Waals surface area contributed by atoms with Crippen molar-refractivity contribution in [2.24, 2.45) is 5.92 Å². The number of nitrogens with zero attached hydrogens (tertiary/aromatic N) is 3. The molecule has 1 aromatic heterocycles. The Bertz CT molecular complexity index is 437. The third kappa shape index (κ3) is 2.14. The van der Waals surface area contributed by atoms with Crippen LogP contribution in [0.4, 0.5) is 11.8 Å². The fraction of sp³-hybridized carbons (Fsp3) is 0.692. The summed E-state index contributed by atoms with van der Waals surface area (Å²) in [6.45, 7) is 4.13. The van der Waals surface area contributed by atoms with Crippen molar-refractivity contribution in [3.63, 3.8) is 0 Å². The number of nitrogens with one attached hydrogen (secondary N) is 1. The molecule has 0 radical (unpaired) electrons. The van der Waals surface area contributed by atoms with Crippen molar-refractivity contribution in [1.29, 1.82) is 0 Å². The lowest BCUT2D eigenvalue weighted by atomic mass is 10.1. The SMILES string of the molecule is CCCNc1ncc(Cl)c(N2CC3CCC2C3)n1. The van der Waals surface area contributed by atoms with Crippen LogP contribution in [-0.2, 0) is 0 Å². The molecule has 1 saturated heterocycles. The van der Waals surface area contributed by atoms with Gasteiger partial charge in [-0.25, -0.2) is 4.98 Å². The van der Waals surface area contributed by atoms with E-state index in [0.29, 0.717) is 17.0 Å². The van der Waals surface area contributed by atoms with Crippen LogP contribution in [-0.4, -0.2) is 29.1 Å². The average Bonchev–Trinajstić information content (AvgIpc) is 3.00. The van der Waals surface area contributed by atoms with E-state index >= 15 is 0 Å². The van der Waals surface area contributed by atoms with Gasteiger partial charge in [0.25, 0.3) is 0 Å². The number of rotatable bonds is 4. The van der Waals surface area contributed by atoms with Crippen LogP contribution in [0, 0.1) is 5.92 Å². The molecule has 1 N–H and O–H groups in total. The van der Waals surface area contributed by atoms with E-state index in [1.54, 1.807) is 6.20 Å². The van der Waals surface area contributed by atoms with Crippen molar-refractivity contribution in [3.8, 4) is 0 Å². The maximum absolute atomic E-state index is 6.25. The van der Waals surface area contributed by atoms with Gasteiger partial charge < -0.3 is 10.2 Å². The average molecular weight is 267 g/mol. The molecule has 5 heteroatoms. The highest BCUT2D eigenvalue weighted by atomic mass is 35.5. The Morgan fingerprint density at radius 1 is 1.50 bits per heavy atom. The Kier molecular flexibility index (Phi) is 3.29. The van der Waals surface area contributed by atoms with Gasteiger partial charge in [-0.3, -0.25) is 0 Å². The van der Waals surface area contributed by atoms with Crippen LogP contribution < -0.4 is 10.2 Å². The minimum absolute atomic E-state index is 0.640. The van der Waals surface area contributed by atoms with Crippen molar-refractivity contribution in [1.82, 2.24) is 9.97 Å². The smallest absolute Gasteiger partial charge is 0.224 e. The zero-order valence-corrected chi connectivity index (χ0v) is 11.5. The molecule has 1 saturated carbocycles. The minimum Gasteiger partial charge on any atom is -0.354 e. The van der Waals surface area contributed by atoms with Crippen LogP contribution in [0.15, 0.2) is 6.20 Å². The van der Waals surface area contributed by atoms with Crippen LogP contribution in [0.3, 0.4) is 0 Å². The largest absolute Gasteiger partial charge is 0.354 e. The summed E-state index contributed by atoms with van der Waals surface area (Å²) in [4.78, 5) is 11.2. The monoisotopic (exact) mass is 266 g/mol. The zero-order valence-electron chi connectivity index (χ0n) is 10.7. The predicted octanol–water partition coefficient (Wildman–Crippen LogP) is 2.94. The maximum atomic E-state index is 6.25. The molecule has 2 heterocycles. The molecule has 2 atom stereocenters. The summed E-state index contributed by atoms with van der Waals surface area (Å²) in [5, 5.41) is 3.89. The highest BCUT2D eigenvalue weighted by Gasteiger charge is 2.39. The van der Waals surface area contributed by atoms with Crippen molar-refractivity contribution in [2.45, 2.75) is 38.6 Å². The second kappa shape index (κ2) is 4.92. The number of hydrogen-bond acceptors (Lipinski definition) is 4. The van der Waals surface area contributed by atoms with Crippen molar-refractivity contribution in [2.75, 3.05) is 23.3 Å². The van der Waals surface area contributed by atoms with E-state index in [1.165, 1.54) is 19.3 Å². The molecule has 2 fully saturated rings.